The third kappa shape index (κ3) is 8.75. The highest BCUT2D eigenvalue weighted by molar-refractivity contribution is 6.09. The largest absolute Gasteiger partial charge is 0.351 e. The van der Waals surface area contributed by atoms with Crippen LogP contribution in [0.3, 0.4) is 0 Å². The highest BCUT2D eigenvalue weighted by Gasteiger charge is 2.40. The van der Waals surface area contributed by atoms with Crippen LogP contribution in [0.2, 0.25) is 0 Å². The van der Waals surface area contributed by atoms with Crippen LogP contribution in [0.5, 0.6) is 0 Å². The molecule has 8 heteroatoms. The molecular weight excluding hydrogens is 965 g/mol. The topological polar surface area (TPSA) is 87.2 Å². The lowest BCUT2D eigenvalue weighted by Gasteiger charge is -2.28. The van der Waals surface area contributed by atoms with Crippen LogP contribution in [0.1, 0.15) is 22.3 Å². The van der Waals surface area contributed by atoms with E-state index in [2.05, 4.69) is 71.0 Å². The normalized spacial score (nSPS) is 23.8. The highest BCUT2D eigenvalue weighted by Crippen LogP contribution is 2.38. The molecule has 0 aliphatic heterocycles. The maximum absolute atomic E-state index is 13.8. The van der Waals surface area contributed by atoms with E-state index in [0.717, 1.165) is 21.5 Å². The van der Waals surface area contributed by atoms with Gasteiger partial charge in [-0.2, -0.15) is 0 Å². The van der Waals surface area contributed by atoms with Crippen molar-refractivity contribution in [1.82, 2.24) is 9.13 Å². The summed E-state index contributed by atoms with van der Waals surface area (Å²) in [5, 5.41) is 31.1. The van der Waals surface area contributed by atoms with Crippen LogP contribution in [0.4, 0.5) is 0 Å². The number of fused-ring (bicyclic) bond motifs is 6. The Hall–Kier alpha value is -9.52. The van der Waals surface area contributed by atoms with Crippen LogP contribution in [-0.4, -0.2) is 47.8 Å². The Kier molecular flexibility index (Phi) is 13.3. The lowest BCUT2D eigenvalue weighted by atomic mass is 9.88. The van der Waals surface area contributed by atoms with E-state index >= 15 is 0 Å². The first-order chi connectivity index (χ1) is 38.1. The van der Waals surface area contributed by atoms with Crippen LogP contribution < -0.4 is 0 Å². The SMILES string of the molecule is COC1(c2ccccc2)C#CC(OC)(c2ccccc2)C#CC(O)(n2c3ccccc3c3ccccc32)C#CC(OC)(c2ccccc2)C#CC(OC)(c2ccccc2)C#CC(O)(n2c3ccccc3c3ccccc32)C#C1. The molecule has 2 N–H and O–H groups in total. The van der Waals surface area contributed by atoms with Crippen LogP contribution in [0, 0.1) is 71.0 Å². The molecule has 2 aromatic heterocycles. The zero-order valence-electron chi connectivity index (χ0n) is 43.2. The van der Waals surface area contributed by atoms with Gasteiger partial charge in [-0.25, -0.2) is 0 Å². The summed E-state index contributed by atoms with van der Waals surface area (Å²) in [5.74, 6) is 39.9. The number of nitrogens with zero attached hydrogens (tertiary/aromatic N) is 2. The van der Waals surface area contributed by atoms with Crippen LogP contribution in [-0.2, 0) is 52.8 Å². The van der Waals surface area contributed by atoms with Crippen molar-refractivity contribution in [3.63, 3.8) is 0 Å². The van der Waals surface area contributed by atoms with Crippen molar-refractivity contribution < 1.29 is 29.2 Å². The molecule has 4 atom stereocenters. The lowest BCUT2D eigenvalue weighted by molar-refractivity contribution is 0.0709. The summed E-state index contributed by atoms with van der Waals surface area (Å²) in [6.45, 7) is 0. The van der Waals surface area contributed by atoms with E-state index in [4.69, 9.17) is 18.9 Å². The Morgan fingerprint density at radius 2 is 0.436 bits per heavy atom. The molecule has 0 amide bonds. The van der Waals surface area contributed by atoms with Crippen molar-refractivity contribution in [3.05, 3.63) is 241 Å². The summed E-state index contributed by atoms with van der Waals surface area (Å²) >= 11 is 0. The zero-order valence-corrected chi connectivity index (χ0v) is 43.2. The van der Waals surface area contributed by atoms with Crippen molar-refractivity contribution >= 4 is 43.6 Å². The van der Waals surface area contributed by atoms with Crippen molar-refractivity contribution in [2.24, 2.45) is 0 Å². The molecule has 11 rings (SSSR count). The van der Waals surface area contributed by atoms with E-state index in [9.17, 15) is 10.2 Å². The molecule has 78 heavy (non-hydrogen) atoms. The molecule has 0 saturated heterocycles. The first kappa shape index (κ1) is 50.6. The summed E-state index contributed by atoms with van der Waals surface area (Å²) in [5.41, 5.74) is -7.13. The number of aliphatic hydroxyl groups is 2. The Balaban J connectivity index is 1.32. The summed E-state index contributed by atoms with van der Waals surface area (Å²) in [6.07, 6.45) is 0. The van der Waals surface area contributed by atoms with Crippen molar-refractivity contribution in [1.29, 1.82) is 0 Å². The fourth-order valence-electron chi connectivity index (χ4n) is 10.2. The molecule has 2 heterocycles. The first-order valence-corrected chi connectivity index (χ1v) is 25.2. The second-order valence-corrected chi connectivity index (χ2v) is 18.6. The third-order valence-electron chi connectivity index (χ3n) is 14.2. The predicted octanol–water partition coefficient (Wildman–Crippen LogP) is 11.1. The molecule has 10 aromatic rings. The van der Waals surface area contributed by atoms with E-state index in [1.54, 1.807) is 9.13 Å². The molecule has 376 valence electrons. The average Bonchev–Trinajstić information content (AvgIpc) is 4.20. The summed E-state index contributed by atoms with van der Waals surface area (Å²) in [7, 11) is 6.01. The second-order valence-electron chi connectivity index (χ2n) is 18.6. The smallest absolute Gasteiger partial charge is 0.272 e. The maximum Gasteiger partial charge on any atom is 0.272 e. The number of hydrogen-bond donors (Lipinski definition) is 2. The molecule has 0 bridgehead atoms. The summed E-state index contributed by atoms with van der Waals surface area (Å²) < 4.78 is 29.5. The van der Waals surface area contributed by atoms with Crippen LogP contribution in [0.25, 0.3) is 43.6 Å². The van der Waals surface area contributed by atoms with E-state index in [1.165, 1.54) is 28.4 Å². The number of rotatable bonds is 10. The number of ether oxygens (including phenoxy) is 4. The monoisotopic (exact) mass is 1010 g/mol. The van der Waals surface area contributed by atoms with Gasteiger partial charge >= 0.3 is 0 Å². The van der Waals surface area contributed by atoms with E-state index in [1.807, 2.05) is 218 Å². The standard InChI is InChI=1S/C70H50N2O6/c1-75-65(53-25-9-5-10-26-53)41-42-66(76-2,54-27-11-6-12-28-54)46-51-70(74,72-63-39-23-19-35-59(63)60-36-20-24-40-64(60)72)52-48-68(78-4,56-31-15-8-16-32-56)44-43-67(77-3,55-29-13-7-14-30-55)47-50-69(73,49-45-65)71-61-37-21-17-33-57(61)58-34-18-22-38-62(58)71/h5-40,73-74H,1-4H3. The van der Waals surface area contributed by atoms with Gasteiger partial charge in [0, 0.05) is 72.2 Å². The Bertz CT molecular complexity index is 3770. The maximum atomic E-state index is 13.8. The van der Waals surface area contributed by atoms with E-state index in [-0.39, 0.29) is 0 Å². The average molecular weight is 1020 g/mol. The fraction of sp³-hybridized carbons (Fsp3) is 0.143. The van der Waals surface area contributed by atoms with Crippen LogP contribution in [0.15, 0.2) is 218 Å². The van der Waals surface area contributed by atoms with Gasteiger partial charge in [-0.05, 0) is 95.3 Å². The summed E-state index contributed by atoms with van der Waals surface area (Å²) in [4.78, 5) is 0. The number of benzene rings is 8. The zero-order chi connectivity index (χ0) is 53.9. The highest BCUT2D eigenvalue weighted by atomic mass is 16.5. The molecular formula is C70H50N2O6. The third-order valence-corrected chi connectivity index (χ3v) is 14.2. The van der Waals surface area contributed by atoms with Crippen molar-refractivity contribution in [2.45, 2.75) is 33.9 Å². The number of para-hydroxylation sites is 4. The molecule has 8 aromatic carbocycles. The minimum Gasteiger partial charge on any atom is -0.351 e. The second kappa shape index (κ2) is 20.5. The minimum atomic E-state index is -2.36. The molecule has 0 saturated carbocycles. The van der Waals surface area contributed by atoms with Gasteiger partial charge in [-0.1, -0.05) is 194 Å². The van der Waals surface area contributed by atoms with Gasteiger partial charge in [0.2, 0.25) is 22.4 Å². The van der Waals surface area contributed by atoms with Gasteiger partial charge in [0.25, 0.3) is 11.4 Å². The lowest BCUT2D eigenvalue weighted by Crippen LogP contribution is -2.35. The van der Waals surface area contributed by atoms with Gasteiger partial charge in [-0.15, -0.1) is 0 Å². The van der Waals surface area contributed by atoms with Gasteiger partial charge in [0.1, 0.15) is 0 Å². The summed E-state index contributed by atoms with van der Waals surface area (Å²) in [6, 6.07) is 68.2. The number of methoxy groups -OCH3 is 4. The molecule has 0 radical (unpaired) electrons. The van der Waals surface area contributed by atoms with Crippen LogP contribution >= 0.6 is 0 Å². The predicted molar refractivity (Wildman–Crippen MR) is 306 cm³/mol. The quantitative estimate of drug-likeness (QED) is 0.133. The van der Waals surface area contributed by atoms with Gasteiger partial charge < -0.3 is 29.2 Å². The van der Waals surface area contributed by atoms with E-state index in [0.29, 0.717) is 44.3 Å². The van der Waals surface area contributed by atoms with Crippen molar-refractivity contribution in [3.8, 4) is 71.0 Å². The molecule has 1 aliphatic rings. The number of aromatic nitrogens is 2. The molecule has 4 unspecified atom stereocenters. The minimum absolute atomic E-state index is 0.538. The molecule has 0 fully saturated rings. The Morgan fingerprint density at radius 1 is 0.256 bits per heavy atom. The van der Waals surface area contributed by atoms with Gasteiger partial charge in [-0.3, -0.25) is 9.13 Å². The van der Waals surface area contributed by atoms with Gasteiger partial charge in [0.15, 0.2) is 0 Å². The van der Waals surface area contributed by atoms with Crippen molar-refractivity contribution in [2.75, 3.05) is 28.4 Å². The van der Waals surface area contributed by atoms with E-state index < -0.39 is 33.9 Å². The molecule has 0 spiro atoms. The fourth-order valence-corrected chi connectivity index (χ4v) is 10.2. The van der Waals surface area contributed by atoms with Gasteiger partial charge in [0.05, 0.1) is 22.1 Å². The number of hydrogen-bond acceptors (Lipinski definition) is 6. The Labute approximate surface area is 453 Å². The first-order valence-electron chi connectivity index (χ1n) is 25.2. The Morgan fingerprint density at radius 3 is 0.641 bits per heavy atom. The molecule has 8 nitrogen and oxygen atoms in total. The molecule has 1 aliphatic carbocycles.